The van der Waals surface area contributed by atoms with Gasteiger partial charge in [0.05, 0.1) is 10.2 Å². The van der Waals surface area contributed by atoms with Crippen molar-refractivity contribution >= 4 is 45.3 Å². The summed E-state index contributed by atoms with van der Waals surface area (Å²) >= 11 is 2.75. The van der Waals surface area contributed by atoms with E-state index in [1.54, 1.807) is 11.3 Å². The topological polar surface area (TPSA) is 50.3 Å². The van der Waals surface area contributed by atoms with Gasteiger partial charge in [-0.1, -0.05) is 20.8 Å². The molecule has 0 radical (unpaired) electrons. The molecule has 6 heteroatoms. The number of carbonyl (C=O) groups is 2. The zero-order valence-corrected chi connectivity index (χ0v) is 15.3. The molecule has 1 fully saturated rings. The van der Waals surface area contributed by atoms with Crippen molar-refractivity contribution < 1.29 is 9.59 Å². The highest BCUT2D eigenvalue weighted by Crippen LogP contribution is 2.37. The standard InChI is InChI=1S/C17H20N2O2S2/c1-4-10-9-13-16(12(6-3)11(10)5-2)18-17(22-13)23-19-14(20)7-8-15(19)21/h9H,4-8H2,1-3H3. The number of fused-ring (bicyclic) bond motifs is 1. The molecular weight excluding hydrogens is 328 g/mol. The summed E-state index contributed by atoms with van der Waals surface area (Å²) in [6, 6.07) is 2.22. The van der Waals surface area contributed by atoms with Crippen LogP contribution >= 0.6 is 23.3 Å². The summed E-state index contributed by atoms with van der Waals surface area (Å²) in [6.07, 6.45) is 3.59. The molecule has 0 spiro atoms. The van der Waals surface area contributed by atoms with Gasteiger partial charge in [-0.3, -0.25) is 9.59 Å². The maximum absolute atomic E-state index is 11.8. The van der Waals surface area contributed by atoms with Gasteiger partial charge >= 0.3 is 0 Å². The summed E-state index contributed by atoms with van der Waals surface area (Å²) in [5.74, 6) is -0.225. The van der Waals surface area contributed by atoms with Gasteiger partial charge in [-0.05, 0) is 42.0 Å². The third-order valence-electron chi connectivity index (χ3n) is 4.24. The summed E-state index contributed by atoms with van der Waals surface area (Å²) < 4.78 is 3.19. The number of carbonyl (C=O) groups excluding carboxylic acids is 2. The molecule has 2 heterocycles. The van der Waals surface area contributed by atoms with Gasteiger partial charge < -0.3 is 0 Å². The van der Waals surface area contributed by atoms with Crippen molar-refractivity contribution in [2.75, 3.05) is 0 Å². The first-order valence-electron chi connectivity index (χ1n) is 8.06. The second-order valence-corrected chi connectivity index (χ2v) is 7.78. The zero-order chi connectivity index (χ0) is 16.6. The van der Waals surface area contributed by atoms with Gasteiger partial charge in [-0.2, -0.15) is 0 Å². The largest absolute Gasteiger partial charge is 0.273 e. The molecule has 3 rings (SSSR count). The molecule has 2 amide bonds. The van der Waals surface area contributed by atoms with E-state index in [2.05, 4.69) is 26.8 Å². The van der Waals surface area contributed by atoms with E-state index in [0.29, 0.717) is 12.8 Å². The number of benzene rings is 1. The Morgan fingerprint density at radius 1 is 1.09 bits per heavy atom. The number of imide groups is 1. The normalized spacial score (nSPS) is 15.2. The second kappa shape index (κ2) is 6.61. The van der Waals surface area contributed by atoms with Crippen molar-refractivity contribution in [2.45, 2.75) is 57.2 Å². The van der Waals surface area contributed by atoms with E-state index in [-0.39, 0.29) is 11.8 Å². The summed E-state index contributed by atoms with van der Waals surface area (Å²) in [4.78, 5) is 28.3. The highest BCUT2D eigenvalue weighted by molar-refractivity contribution is 7.99. The minimum absolute atomic E-state index is 0.113. The van der Waals surface area contributed by atoms with Crippen LogP contribution in [0.15, 0.2) is 10.4 Å². The summed E-state index contributed by atoms with van der Waals surface area (Å²) in [7, 11) is 0. The Morgan fingerprint density at radius 3 is 2.30 bits per heavy atom. The van der Waals surface area contributed by atoms with Gasteiger partial charge in [0.1, 0.15) is 0 Å². The number of rotatable bonds is 5. The van der Waals surface area contributed by atoms with E-state index in [1.165, 1.54) is 32.9 Å². The molecule has 1 aliphatic heterocycles. The predicted molar refractivity (Wildman–Crippen MR) is 94.7 cm³/mol. The quantitative estimate of drug-likeness (QED) is 0.602. The molecule has 2 aromatic rings. The lowest BCUT2D eigenvalue weighted by Gasteiger charge is -2.12. The minimum Gasteiger partial charge on any atom is -0.273 e. The molecule has 0 bridgehead atoms. The molecule has 0 atom stereocenters. The van der Waals surface area contributed by atoms with Crippen molar-refractivity contribution in [3.05, 3.63) is 22.8 Å². The predicted octanol–water partition coefficient (Wildman–Crippen LogP) is 4.14. The molecule has 23 heavy (non-hydrogen) atoms. The molecule has 0 N–H and O–H groups in total. The van der Waals surface area contributed by atoms with Gasteiger partial charge in [0, 0.05) is 24.8 Å². The van der Waals surface area contributed by atoms with Crippen molar-refractivity contribution in [1.82, 2.24) is 9.29 Å². The van der Waals surface area contributed by atoms with Crippen molar-refractivity contribution in [2.24, 2.45) is 0 Å². The molecule has 0 aliphatic carbocycles. The number of hydrogen-bond donors (Lipinski definition) is 0. The fourth-order valence-corrected chi connectivity index (χ4v) is 5.23. The van der Waals surface area contributed by atoms with Gasteiger partial charge in [0.25, 0.3) is 0 Å². The zero-order valence-electron chi connectivity index (χ0n) is 13.6. The first-order chi connectivity index (χ1) is 11.1. The van der Waals surface area contributed by atoms with Gasteiger partial charge in [-0.25, -0.2) is 9.29 Å². The number of thiazole rings is 1. The van der Waals surface area contributed by atoms with Crippen LogP contribution in [0.4, 0.5) is 0 Å². The fraction of sp³-hybridized carbons (Fsp3) is 0.471. The Hall–Kier alpha value is -1.40. The molecular formula is C17H20N2O2S2. The van der Waals surface area contributed by atoms with Crippen LogP contribution in [0.3, 0.4) is 0 Å². The lowest BCUT2D eigenvalue weighted by atomic mass is 9.95. The first-order valence-corrected chi connectivity index (χ1v) is 9.65. The van der Waals surface area contributed by atoms with Gasteiger partial charge in [0.2, 0.25) is 11.8 Å². The molecule has 1 aromatic heterocycles. The molecule has 122 valence electrons. The van der Waals surface area contributed by atoms with Crippen LogP contribution < -0.4 is 0 Å². The number of aromatic nitrogens is 1. The molecule has 1 saturated heterocycles. The van der Waals surface area contributed by atoms with E-state index in [0.717, 1.165) is 33.8 Å². The molecule has 4 nitrogen and oxygen atoms in total. The van der Waals surface area contributed by atoms with Gasteiger partial charge in [0.15, 0.2) is 4.34 Å². The third kappa shape index (κ3) is 2.90. The number of amides is 2. The Labute approximate surface area is 144 Å². The average molecular weight is 348 g/mol. The Morgan fingerprint density at radius 2 is 1.74 bits per heavy atom. The lowest BCUT2D eigenvalue weighted by molar-refractivity contribution is -0.131. The van der Waals surface area contributed by atoms with Gasteiger partial charge in [-0.15, -0.1) is 11.3 Å². The summed E-state index contributed by atoms with van der Waals surface area (Å²) in [6.45, 7) is 6.52. The third-order valence-corrected chi connectivity index (χ3v) is 6.35. The maximum atomic E-state index is 11.8. The molecule has 0 unspecified atom stereocenters. The van der Waals surface area contributed by atoms with Crippen molar-refractivity contribution in [3.63, 3.8) is 0 Å². The van der Waals surface area contributed by atoms with Crippen molar-refractivity contribution in [3.8, 4) is 0 Å². The Bertz CT molecular complexity index is 766. The monoisotopic (exact) mass is 348 g/mol. The lowest BCUT2D eigenvalue weighted by Crippen LogP contribution is -2.20. The van der Waals surface area contributed by atoms with Crippen LogP contribution in [0.25, 0.3) is 10.2 Å². The number of hydrogen-bond acceptors (Lipinski definition) is 5. The Kier molecular flexibility index (Phi) is 4.73. The van der Waals surface area contributed by atoms with Crippen LogP contribution in [0.2, 0.25) is 0 Å². The van der Waals surface area contributed by atoms with Crippen molar-refractivity contribution in [1.29, 1.82) is 0 Å². The first kappa shape index (κ1) is 16.5. The summed E-state index contributed by atoms with van der Waals surface area (Å²) in [5, 5.41) is 0. The molecule has 1 aromatic carbocycles. The second-order valence-electron chi connectivity index (χ2n) is 5.55. The van der Waals surface area contributed by atoms with E-state index < -0.39 is 0 Å². The molecule has 1 aliphatic rings. The van der Waals surface area contributed by atoms with Crippen LogP contribution in [0, 0.1) is 0 Å². The van der Waals surface area contributed by atoms with Crippen LogP contribution in [-0.4, -0.2) is 21.1 Å². The fourth-order valence-electron chi connectivity index (χ4n) is 3.12. The highest BCUT2D eigenvalue weighted by atomic mass is 32.2. The Balaban J connectivity index is 2.04. The SMILES string of the molecule is CCc1cc2sc(SN3C(=O)CCC3=O)nc2c(CC)c1CC. The summed E-state index contributed by atoms with van der Waals surface area (Å²) in [5.41, 5.74) is 5.13. The molecule has 0 saturated carbocycles. The highest BCUT2D eigenvalue weighted by Gasteiger charge is 2.31. The smallest absolute Gasteiger partial charge is 0.240 e. The van der Waals surface area contributed by atoms with Crippen LogP contribution in [0.5, 0.6) is 0 Å². The van der Waals surface area contributed by atoms with E-state index >= 15 is 0 Å². The average Bonchev–Trinajstić information content (AvgIpc) is 3.10. The van der Waals surface area contributed by atoms with E-state index in [9.17, 15) is 9.59 Å². The minimum atomic E-state index is -0.113. The van der Waals surface area contributed by atoms with E-state index in [4.69, 9.17) is 4.98 Å². The number of aryl methyl sites for hydroxylation is 2. The number of nitrogens with zero attached hydrogens (tertiary/aromatic N) is 2. The van der Waals surface area contributed by atoms with Crippen LogP contribution in [-0.2, 0) is 28.9 Å². The van der Waals surface area contributed by atoms with E-state index in [1.807, 2.05) is 0 Å². The van der Waals surface area contributed by atoms with Crippen LogP contribution in [0.1, 0.15) is 50.3 Å². The maximum Gasteiger partial charge on any atom is 0.240 e.